The Kier molecular flexibility index (Phi) is 2.28. The van der Waals surface area contributed by atoms with E-state index in [-0.39, 0.29) is 12.3 Å². The number of fused-ring (bicyclic) bond motifs is 1. The second kappa shape index (κ2) is 3.59. The lowest BCUT2D eigenvalue weighted by Gasteiger charge is -1.92. The average molecular weight is 190 g/mol. The van der Waals surface area contributed by atoms with Crippen LogP contribution in [0.4, 0.5) is 0 Å². The molecule has 0 aliphatic rings. The van der Waals surface area contributed by atoms with Crippen molar-refractivity contribution < 1.29 is 9.21 Å². The van der Waals surface area contributed by atoms with Gasteiger partial charge in [0.1, 0.15) is 5.52 Å². The Bertz CT molecular complexity index is 429. The second-order valence-electron chi connectivity index (χ2n) is 2.95. The number of nitrogens with one attached hydrogen (secondary N) is 1. The quantitative estimate of drug-likeness (QED) is 0.739. The normalized spacial score (nSPS) is 10.6. The molecule has 0 fully saturated rings. The number of ketones is 1. The molecule has 2 aromatic heterocycles. The van der Waals surface area contributed by atoms with E-state index < -0.39 is 0 Å². The number of likely N-dealkylation sites (N-methyl/N-ethyl adjacent to an activating group) is 1. The van der Waals surface area contributed by atoms with Crippen molar-refractivity contribution in [2.75, 3.05) is 13.6 Å². The van der Waals surface area contributed by atoms with Crippen molar-refractivity contribution >= 4 is 16.9 Å². The first-order valence-corrected chi connectivity index (χ1v) is 4.33. The maximum atomic E-state index is 11.4. The number of carbonyl (C=O) groups is 1. The first kappa shape index (κ1) is 8.90. The van der Waals surface area contributed by atoms with Gasteiger partial charge in [0.2, 0.25) is 5.78 Å². The van der Waals surface area contributed by atoms with Crippen molar-refractivity contribution in [3.05, 3.63) is 30.2 Å². The predicted molar refractivity (Wildman–Crippen MR) is 52.3 cm³/mol. The Morgan fingerprint density at radius 3 is 3.21 bits per heavy atom. The number of nitrogens with zero attached hydrogens (tertiary/aromatic N) is 1. The highest BCUT2D eigenvalue weighted by Crippen LogP contribution is 2.16. The molecular weight excluding hydrogens is 180 g/mol. The monoisotopic (exact) mass is 190 g/mol. The Balaban J connectivity index is 2.40. The van der Waals surface area contributed by atoms with Crippen molar-refractivity contribution in [3.8, 4) is 0 Å². The van der Waals surface area contributed by atoms with Crippen LogP contribution in [0, 0.1) is 0 Å². The zero-order valence-corrected chi connectivity index (χ0v) is 7.78. The summed E-state index contributed by atoms with van der Waals surface area (Å²) in [6.07, 6.45) is 1.67. The summed E-state index contributed by atoms with van der Waals surface area (Å²) in [5, 5.41) is 2.78. The van der Waals surface area contributed by atoms with E-state index in [1.54, 1.807) is 31.4 Å². The Morgan fingerprint density at radius 2 is 2.50 bits per heavy atom. The lowest BCUT2D eigenvalue weighted by Crippen LogP contribution is -2.17. The van der Waals surface area contributed by atoms with Gasteiger partial charge in [0.25, 0.3) is 0 Å². The van der Waals surface area contributed by atoms with Gasteiger partial charge in [0.05, 0.1) is 6.54 Å². The summed E-state index contributed by atoms with van der Waals surface area (Å²) in [4.78, 5) is 15.5. The molecule has 0 saturated heterocycles. The molecule has 72 valence electrons. The summed E-state index contributed by atoms with van der Waals surface area (Å²) in [6.45, 7) is 0.278. The van der Waals surface area contributed by atoms with Crippen molar-refractivity contribution in [1.82, 2.24) is 10.3 Å². The number of Topliss-reactive ketones (excluding diaryl/α,β-unsaturated/α-hetero) is 1. The smallest absolute Gasteiger partial charge is 0.211 e. The van der Waals surface area contributed by atoms with E-state index in [0.717, 1.165) is 0 Å². The number of pyridine rings is 1. The molecule has 2 aromatic rings. The third-order valence-electron chi connectivity index (χ3n) is 1.90. The van der Waals surface area contributed by atoms with Crippen LogP contribution in [-0.4, -0.2) is 24.4 Å². The van der Waals surface area contributed by atoms with Gasteiger partial charge >= 0.3 is 0 Å². The van der Waals surface area contributed by atoms with Gasteiger partial charge < -0.3 is 9.73 Å². The topological polar surface area (TPSA) is 55.1 Å². The number of furan rings is 1. The van der Waals surface area contributed by atoms with Gasteiger partial charge in [-0.05, 0) is 19.2 Å². The minimum atomic E-state index is -0.0644. The molecule has 1 N–H and O–H groups in total. The van der Waals surface area contributed by atoms with Crippen molar-refractivity contribution in [2.24, 2.45) is 0 Å². The van der Waals surface area contributed by atoms with E-state index in [9.17, 15) is 4.79 Å². The van der Waals surface area contributed by atoms with Gasteiger partial charge in [-0.15, -0.1) is 0 Å². The van der Waals surface area contributed by atoms with Crippen LogP contribution in [0.5, 0.6) is 0 Å². The fourth-order valence-electron chi connectivity index (χ4n) is 1.25. The predicted octanol–water partition coefficient (Wildman–Crippen LogP) is 1.23. The average Bonchev–Trinajstić information content (AvgIpc) is 2.61. The minimum Gasteiger partial charge on any atom is -0.451 e. The first-order valence-electron chi connectivity index (χ1n) is 4.33. The van der Waals surface area contributed by atoms with E-state index in [1.165, 1.54) is 0 Å². The van der Waals surface area contributed by atoms with Crippen LogP contribution < -0.4 is 5.32 Å². The number of hydrogen-bond acceptors (Lipinski definition) is 4. The molecule has 0 aliphatic heterocycles. The van der Waals surface area contributed by atoms with Crippen LogP contribution in [0.1, 0.15) is 10.6 Å². The number of rotatable bonds is 3. The molecule has 0 bridgehead atoms. The van der Waals surface area contributed by atoms with Crippen LogP contribution in [-0.2, 0) is 0 Å². The Morgan fingerprint density at radius 1 is 1.64 bits per heavy atom. The van der Waals surface area contributed by atoms with Gasteiger partial charge in [0, 0.05) is 12.3 Å². The van der Waals surface area contributed by atoms with Gasteiger partial charge in [-0.2, -0.15) is 0 Å². The van der Waals surface area contributed by atoms with Crippen LogP contribution in [0.15, 0.2) is 28.8 Å². The zero-order valence-electron chi connectivity index (χ0n) is 7.78. The highest BCUT2D eigenvalue weighted by atomic mass is 16.3. The van der Waals surface area contributed by atoms with E-state index in [0.29, 0.717) is 16.9 Å². The minimum absolute atomic E-state index is 0.0644. The number of carbonyl (C=O) groups excluding carboxylic acids is 1. The van der Waals surface area contributed by atoms with E-state index in [2.05, 4.69) is 10.3 Å². The standard InChI is InChI=1S/C10H10N2O2/c1-11-6-8(13)10-5-7-9(14-10)3-2-4-12-7/h2-5,11H,6H2,1H3. The molecule has 2 heterocycles. The van der Waals surface area contributed by atoms with Crippen LogP contribution in [0.3, 0.4) is 0 Å². The van der Waals surface area contributed by atoms with Crippen LogP contribution in [0.2, 0.25) is 0 Å². The zero-order chi connectivity index (χ0) is 9.97. The lowest BCUT2D eigenvalue weighted by molar-refractivity contribution is 0.0969. The molecule has 4 heteroatoms. The SMILES string of the molecule is CNCC(=O)c1cc2ncccc2o1. The van der Waals surface area contributed by atoms with Crippen molar-refractivity contribution in [3.63, 3.8) is 0 Å². The third kappa shape index (κ3) is 1.52. The maximum absolute atomic E-state index is 11.4. The van der Waals surface area contributed by atoms with E-state index >= 15 is 0 Å². The fourth-order valence-corrected chi connectivity index (χ4v) is 1.25. The van der Waals surface area contributed by atoms with Gasteiger partial charge in [-0.25, -0.2) is 0 Å². The molecule has 4 nitrogen and oxygen atoms in total. The van der Waals surface area contributed by atoms with E-state index in [4.69, 9.17) is 4.42 Å². The molecule has 2 rings (SSSR count). The molecule has 14 heavy (non-hydrogen) atoms. The molecule has 0 aromatic carbocycles. The summed E-state index contributed by atoms with van der Waals surface area (Å²) >= 11 is 0. The van der Waals surface area contributed by atoms with Crippen LogP contribution >= 0.6 is 0 Å². The lowest BCUT2D eigenvalue weighted by atomic mass is 10.3. The fraction of sp³-hybridized carbons (Fsp3) is 0.200. The largest absolute Gasteiger partial charge is 0.451 e. The molecule has 0 radical (unpaired) electrons. The number of aromatic nitrogens is 1. The summed E-state index contributed by atoms with van der Waals surface area (Å²) < 4.78 is 5.33. The van der Waals surface area contributed by atoms with Gasteiger partial charge in [0.15, 0.2) is 11.3 Å². The van der Waals surface area contributed by atoms with Gasteiger partial charge in [-0.3, -0.25) is 9.78 Å². The van der Waals surface area contributed by atoms with Crippen molar-refractivity contribution in [1.29, 1.82) is 0 Å². The Labute approximate surface area is 80.9 Å². The second-order valence-corrected chi connectivity index (χ2v) is 2.95. The van der Waals surface area contributed by atoms with Crippen molar-refractivity contribution in [2.45, 2.75) is 0 Å². The van der Waals surface area contributed by atoms with Gasteiger partial charge in [-0.1, -0.05) is 0 Å². The first-order chi connectivity index (χ1) is 6.81. The molecule has 0 atom stereocenters. The highest BCUT2D eigenvalue weighted by Gasteiger charge is 2.11. The molecule has 0 unspecified atom stereocenters. The molecule has 0 aliphatic carbocycles. The summed E-state index contributed by atoms with van der Waals surface area (Å²) in [6, 6.07) is 5.23. The summed E-state index contributed by atoms with van der Waals surface area (Å²) in [5.74, 6) is 0.290. The molecule has 0 saturated carbocycles. The molecule has 0 spiro atoms. The molecule has 0 amide bonds. The summed E-state index contributed by atoms with van der Waals surface area (Å²) in [7, 11) is 1.72. The molecular formula is C10H10N2O2. The Hall–Kier alpha value is -1.68. The summed E-state index contributed by atoms with van der Waals surface area (Å²) in [5.41, 5.74) is 1.36. The third-order valence-corrected chi connectivity index (χ3v) is 1.90. The van der Waals surface area contributed by atoms with E-state index in [1.807, 2.05) is 0 Å². The maximum Gasteiger partial charge on any atom is 0.211 e. The highest BCUT2D eigenvalue weighted by molar-refractivity contribution is 5.98. The van der Waals surface area contributed by atoms with Crippen LogP contribution in [0.25, 0.3) is 11.1 Å². The number of hydrogen-bond donors (Lipinski definition) is 1.